The average molecular weight is 334 g/mol. The van der Waals surface area contributed by atoms with E-state index in [0.717, 1.165) is 38.6 Å². The van der Waals surface area contributed by atoms with Crippen molar-refractivity contribution in [2.45, 2.75) is 50.3 Å². The Hall–Kier alpha value is -1.49. The Kier molecular flexibility index (Phi) is 7.46. The first-order chi connectivity index (χ1) is 11.1. The fraction of sp³-hybridized carbons (Fsp3) is 0.556. The highest BCUT2D eigenvalue weighted by Gasteiger charge is 2.22. The van der Waals surface area contributed by atoms with Gasteiger partial charge in [-0.2, -0.15) is 0 Å². The van der Waals surface area contributed by atoms with Gasteiger partial charge in [0.05, 0.1) is 5.75 Å². The minimum Gasteiger partial charge on any atom is -0.354 e. The molecule has 2 atom stereocenters. The van der Waals surface area contributed by atoms with Gasteiger partial charge in [0.1, 0.15) is 6.04 Å². The van der Waals surface area contributed by atoms with E-state index in [-0.39, 0.29) is 17.9 Å². The Morgan fingerprint density at radius 2 is 2.13 bits per heavy atom. The van der Waals surface area contributed by atoms with E-state index < -0.39 is 0 Å². The number of thioether (sulfide) groups is 1. The van der Waals surface area contributed by atoms with Gasteiger partial charge in [0, 0.05) is 11.8 Å². The van der Waals surface area contributed by atoms with Crippen LogP contribution in [-0.4, -0.2) is 35.4 Å². The molecule has 0 aromatic heterocycles. The smallest absolute Gasteiger partial charge is 0.242 e. The number of hydrogen-bond donors (Lipinski definition) is 2. The number of rotatable bonds is 7. The van der Waals surface area contributed by atoms with Crippen LogP contribution >= 0.6 is 11.8 Å². The number of amides is 2. The summed E-state index contributed by atoms with van der Waals surface area (Å²) in [5, 5.41) is 6.13. The molecule has 0 radical (unpaired) electrons. The normalized spacial score (nSPS) is 19.5. The van der Waals surface area contributed by atoms with Gasteiger partial charge < -0.3 is 10.6 Å². The molecular formula is C18H26N2O2S. The maximum absolute atomic E-state index is 12.0. The van der Waals surface area contributed by atoms with Crippen molar-refractivity contribution in [3.63, 3.8) is 0 Å². The van der Waals surface area contributed by atoms with Crippen LogP contribution in [0.25, 0.3) is 0 Å². The van der Waals surface area contributed by atoms with Gasteiger partial charge in [-0.25, -0.2) is 0 Å². The molecule has 1 aromatic rings. The second kappa shape index (κ2) is 9.60. The summed E-state index contributed by atoms with van der Waals surface area (Å²) >= 11 is 1.66. The highest BCUT2D eigenvalue weighted by Crippen LogP contribution is 2.17. The minimum absolute atomic E-state index is 0.0383. The summed E-state index contributed by atoms with van der Waals surface area (Å²) in [5.74, 6) is 0.335. The van der Waals surface area contributed by atoms with Crippen molar-refractivity contribution in [1.29, 1.82) is 0 Å². The quantitative estimate of drug-likeness (QED) is 0.805. The van der Waals surface area contributed by atoms with Crippen LogP contribution in [0.5, 0.6) is 0 Å². The number of carbonyl (C=O) groups excluding carboxylic acids is 2. The number of nitrogens with one attached hydrogen (secondary N) is 2. The van der Waals surface area contributed by atoms with Gasteiger partial charge in [0.15, 0.2) is 0 Å². The molecule has 0 bridgehead atoms. The number of aryl methyl sites for hydroxylation is 1. The topological polar surface area (TPSA) is 58.2 Å². The van der Waals surface area contributed by atoms with Crippen molar-refractivity contribution in [3.8, 4) is 0 Å². The highest BCUT2D eigenvalue weighted by molar-refractivity contribution is 8.00. The summed E-state index contributed by atoms with van der Waals surface area (Å²) in [4.78, 5) is 23.9. The summed E-state index contributed by atoms with van der Waals surface area (Å²) in [5.41, 5.74) is 1.33. The fourth-order valence-corrected chi connectivity index (χ4v) is 3.43. The van der Waals surface area contributed by atoms with Crippen LogP contribution in [0.1, 0.15) is 38.2 Å². The SMILES string of the molecule is C[C@@H](CCc1ccccc1)SCC(=O)N[C@H]1CCCCNC1=O. The van der Waals surface area contributed by atoms with Gasteiger partial charge in [-0.05, 0) is 37.7 Å². The average Bonchev–Trinajstić information content (AvgIpc) is 2.77. The molecule has 2 N–H and O–H groups in total. The summed E-state index contributed by atoms with van der Waals surface area (Å²) in [6, 6.07) is 10.0. The van der Waals surface area contributed by atoms with Gasteiger partial charge in [0.2, 0.25) is 11.8 Å². The summed E-state index contributed by atoms with van der Waals surface area (Å²) in [6.07, 6.45) is 4.78. The third kappa shape index (κ3) is 6.65. The molecule has 4 nitrogen and oxygen atoms in total. The fourth-order valence-electron chi connectivity index (χ4n) is 2.63. The predicted molar refractivity (Wildman–Crippen MR) is 95.5 cm³/mol. The van der Waals surface area contributed by atoms with Gasteiger partial charge in [0.25, 0.3) is 0 Å². The lowest BCUT2D eigenvalue weighted by Crippen LogP contribution is -2.46. The number of hydrogen-bond acceptors (Lipinski definition) is 3. The Labute approximate surface area is 142 Å². The van der Waals surface area contributed by atoms with E-state index in [2.05, 4.69) is 41.8 Å². The lowest BCUT2D eigenvalue weighted by molar-refractivity contribution is -0.127. The first kappa shape index (κ1) is 17.9. The molecule has 1 fully saturated rings. The zero-order valence-corrected chi connectivity index (χ0v) is 14.5. The largest absolute Gasteiger partial charge is 0.354 e. The lowest BCUT2D eigenvalue weighted by atomic mass is 10.1. The second-order valence-corrected chi connectivity index (χ2v) is 7.48. The molecular weight excluding hydrogens is 308 g/mol. The van der Waals surface area contributed by atoms with Crippen molar-refractivity contribution in [2.75, 3.05) is 12.3 Å². The minimum atomic E-state index is -0.356. The van der Waals surface area contributed by atoms with Gasteiger partial charge >= 0.3 is 0 Å². The molecule has 5 heteroatoms. The standard InChI is InChI=1S/C18H26N2O2S/c1-14(10-11-15-7-3-2-4-8-15)23-13-17(21)20-16-9-5-6-12-19-18(16)22/h2-4,7-8,14,16H,5-6,9-13H2,1H3,(H,19,22)(H,20,21)/t14-,16-/m0/s1. The van der Waals surface area contributed by atoms with Gasteiger partial charge in [-0.1, -0.05) is 37.3 Å². The number of benzene rings is 1. The summed E-state index contributed by atoms with van der Waals surface area (Å²) < 4.78 is 0. The van der Waals surface area contributed by atoms with Crippen molar-refractivity contribution >= 4 is 23.6 Å². The molecule has 126 valence electrons. The molecule has 1 heterocycles. The number of carbonyl (C=O) groups is 2. The third-order valence-electron chi connectivity index (χ3n) is 4.05. The first-order valence-electron chi connectivity index (χ1n) is 8.38. The lowest BCUT2D eigenvalue weighted by Gasteiger charge is -2.16. The molecule has 0 aliphatic carbocycles. The van der Waals surface area contributed by atoms with Crippen molar-refractivity contribution < 1.29 is 9.59 Å². The van der Waals surface area contributed by atoms with E-state index in [9.17, 15) is 9.59 Å². The summed E-state index contributed by atoms with van der Waals surface area (Å²) in [6.45, 7) is 2.87. The second-order valence-electron chi connectivity index (χ2n) is 6.05. The highest BCUT2D eigenvalue weighted by atomic mass is 32.2. The molecule has 1 aliphatic rings. The predicted octanol–water partition coefficient (Wildman–Crippen LogP) is 2.53. The maximum atomic E-state index is 12.0. The Bertz CT molecular complexity index is 507. The van der Waals surface area contributed by atoms with E-state index in [4.69, 9.17) is 0 Å². The summed E-state index contributed by atoms with van der Waals surface area (Å²) in [7, 11) is 0. The van der Waals surface area contributed by atoms with Crippen LogP contribution < -0.4 is 10.6 Å². The molecule has 1 saturated heterocycles. The van der Waals surface area contributed by atoms with Crippen LogP contribution in [-0.2, 0) is 16.0 Å². The molecule has 0 saturated carbocycles. The van der Waals surface area contributed by atoms with E-state index in [0.29, 0.717) is 11.0 Å². The maximum Gasteiger partial charge on any atom is 0.242 e. The molecule has 2 rings (SSSR count). The zero-order valence-electron chi connectivity index (χ0n) is 13.7. The van der Waals surface area contributed by atoms with Crippen LogP contribution in [0.4, 0.5) is 0 Å². The van der Waals surface area contributed by atoms with Crippen molar-refractivity contribution in [3.05, 3.63) is 35.9 Å². The Balaban J connectivity index is 1.66. The van der Waals surface area contributed by atoms with Crippen molar-refractivity contribution in [2.24, 2.45) is 0 Å². The Morgan fingerprint density at radius 3 is 2.91 bits per heavy atom. The molecule has 0 unspecified atom stereocenters. The van der Waals surface area contributed by atoms with Gasteiger partial charge in [-0.3, -0.25) is 9.59 Å². The van der Waals surface area contributed by atoms with E-state index in [1.807, 2.05) is 6.07 Å². The van der Waals surface area contributed by atoms with E-state index in [1.165, 1.54) is 5.56 Å². The van der Waals surface area contributed by atoms with E-state index >= 15 is 0 Å². The van der Waals surface area contributed by atoms with Gasteiger partial charge in [-0.15, -0.1) is 11.8 Å². The molecule has 1 aliphatic heterocycles. The van der Waals surface area contributed by atoms with Crippen LogP contribution in [0.3, 0.4) is 0 Å². The molecule has 2 amide bonds. The van der Waals surface area contributed by atoms with Crippen LogP contribution in [0.15, 0.2) is 30.3 Å². The zero-order chi connectivity index (χ0) is 16.5. The molecule has 23 heavy (non-hydrogen) atoms. The van der Waals surface area contributed by atoms with Crippen LogP contribution in [0.2, 0.25) is 0 Å². The van der Waals surface area contributed by atoms with Crippen molar-refractivity contribution in [1.82, 2.24) is 10.6 Å². The Morgan fingerprint density at radius 1 is 1.35 bits per heavy atom. The van der Waals surface area contributed by atoms with Crippen LogP contribution in [0, 0.1) is 0 Å². The third-order valence-corrected chi connectivity index (χ3v) is 5.29. The first-order valence-corrected chi connectivity index (χ1v) is 9.42. The molecule has 1 aromatic carbocycles. The van der Waals surface area contributed by atoms with E-state index in [1.54, 1.807) is 11.8 Å². The molecule has 0 spiro atoms. The monoisotopic (exact) mass is 334 g/mol.